The van der Waals surface area contributed by atoms with Crippen LogP contribution in [0.25, 0.3) is 22.2 Å². The summed E-state index contributed by atoms with van der Waals surface area (Å²) in [5, 5.41) is 10.9. The van der Waals surface area contributed by atoms with E-state index in [1.807, 2.05) is 26.0 Å². The van der Waals surface area contributed by atoms with E-state index in [0.29, 0.717) is 41.4 Å². The number of ketones is 1. The number of rotatable bonds is 4. The fraction of sp³-hybridized carbons (Fsp3) is 0.474. The molecule has 1 saturated carbocycles. The molecule has 278 valence electrons. The Hall–Kier alpha value is -5.21. The zero-order chi connectivity index (χ0) is 37.8. The van der Waals surface area contributed by atoms with E-state index in [-0.39, 0.29) is 48.6 Å². The Balaban J connectivity index is 1.30. The summed E-state index contributed by atoms with van der Waals surface area (Å²) in [6.45, 7) is 6.72. The van der Waals surface area contributed by atoms with Crippen LogP contribution in [0.5, 0.6) is 0 Å². The van der Waals surface area contributed by atoms with Gasteiger partial charge in [0.1, 0.15) is 29.8 Å². The van der Waals surface area contributed by atoms with Crippen LogP contribution in [-0.4, -0.2) is 71.8 Å². The average Bonchev–Trinajstić information content (AvgIpc) is 3.37. The lowest BCUT2D eigenvalue weighted by Gasteiger charge is -2.28. The zero-order valence-corrected chi connectivity index (χ0v) is 30.0. The monoisotopic (exact) mass is 730 g/mol. The van der Waals surface area contributed by atoms with Crippen LogP contribution in [0.15, 0.2) is 36.7 Å². The number of aromatic nitrogens is 5. The third-order valence-corrected chi connectivity index (χ3v) is 11.1. The summed E-state index contributed by atoms with van der Waals surface area (Å²) in [5.41, 5.74) is 2.40. The van der Waals surface area contributed by atoms with E-state index in [4.69, 9.17) is 0 Å². The van der Waals surface area contributed by atoms with Crippen LogP contribution in [0.3, 0.4) is 0 Å². The van der Waals surface area contributed by atoms with E-state index in [2.05, 4.69) is 30.7 Å². The minimum Gasteiger partial charge on any atom is -0.355 e. The van der Waals surface area contributed by atoms with Gasteiger partial charge in [-0.2, -0.15) is 18.3 Å². The molecule has 3 amide bonds. The second-order valence-corrected chi connectivity index (χ2v) is 14.7. The molecule has 3 aromatic heterocycles. The molecule has 1 aliphatic carbocycles. The number of carbonyl (C=O) groups excluding carboxylic acids is 4. The van der Waals surface area contributed by atoms with Gasteiger partial charge in [0.25, 0.3) is 0 Å². The number of benzene rings is 1. The number of piperidine rings is 1. The van der Waals surface area contributed by atoms with E-state index in [9.17, 15) is 32.3 Å². The molecule has 12 nitrogen and oxygen atoms in total. The first-order chi connectivity index (χ1) is 25.2. The number of anilines is 1. The quantitative estimate of drug-likeness (QED) is 0.258. The summed E-state index contributed by atoms with van der Waals surface area (Å²) < 4.78 is 42.1. The Morgan fingerprint density at radius 1 is 1.02 bits per heavy atom. The lowest BCUT2D eigenvalue weighted by Crippen LogP contribution is -2.47. The third-order valence-electron chi connectivity index (χ3n) is 11.1. The Bertz CT molecular complexity index is 2130. The Morgan fingerprint density at radius 2 is 1.77 bits per heavy atom. The maximum Gasteiger partial charge on any atom is 0.433 e. The summed E-state index contributed by atoms with van der Waals surface area (Å²) in [4.78, 5) is 68.7. The van der Waals surface area contributed by atoms with E-state index in [1.165, 1.54) is 29.5 Å². The number of nitrogens with one attached hydrogen (secondary N) is 2. The van der Waals surface area contributed by atoms with Crippen LogP contribution in [0, 0.1) is 25.2 Å². The summed E-state index contributed by atoms with van der Waals surface area (Å²) in [5.74, 6) is -1.82. The summed E-state index contributed by atoms with van der Waals surface area (Å²) >= 11 is 0. The van der Waals surface area contributed by atoms with E-state index < -0.39 is 41.2 Å². The molecule has 0 unspecified atom stereocenters. The number of hydrogen-bond acceptors (Lipinski definition) is 8. The normalized spacial score (nSPS) is 23.7. The SMILES string of the molecule is CC(=O)c1nn2c3c(cc(-c4cnc(C)cn4)cc13)CCCCCCC(=O)NC[C@@]13C[C@@H](C(=O)Nc4nc(C(F)(F)F)ccc4C)N(C(=O)C2)[C@@H]1[C@@H]3C. The van der Waals surface area contributed by atoms with Crippen molar-refractivity contribution >= 4 is 40.2 Å². The first-order valence-electron chi connectivity index (χ1n) is 17.9. The summed E-state index contributed by atoms with van der Waals surface area (Å²) in [7, 11) is 0. The van der Waals surface area contributed by atoms with Crippen molar-refractivity contribution in [2.45, 2.75) is 97.4 Å². The maximum atomic E-state index is 14.6. The third kappa shape index (κ3) is 6.77. The summed E-state index contributed by atoms with van der Waals surface area (Å²) in [6.07, 6.45) is 2.93. The highest BCUT2D eigenvalue weighted by Crippen LogP contribution is 2.64. The van der Waals surface area contributed by atoms with Gasteiger partial charge >= 0.3 is 6.18 Å². The van der Waals surface area contributed by atoms with Crippen LogP contribution in [0.1, 0.15) is 85.4 Å². The molecule has 0 radical (unpaired) electrons. The smallest absolute Gasteiger partial charge is 0.355 e. The van der Waals surface area contributed by atoms with Crippen molar-refractivity contribution < 1.29 is 32.3 Å². The molecule has 15 heteroatoms. The predicted octanol–water partition coefficient (Wildman–Crippen LogP) is 5.59. The molecular weight excluding hydrogens is 689 g/mol. The number of alkyl halides is 3. The van der Waals surface area contributed by atoms with Gasteiger partial charge in [0.05, 0.1) is 23.1 Å². The topological polar surface area (TPSA) is 152 Å². The lowest BCUT2D eigenvalue weighted by molar-refractivity contribution is -0.141. The molecule has 3 aliphatic rings. The number of halogens is 3. The van der Waals surface area contributed by atoms with Crippen LogP contribution in [0.4, 0.5) is 19.0 Å². The van der Waals surface area contributed by atoms with E-state index in [0.717, 1.165) is 42.1 Å². The van der Waals surface area contributed by atoms with Gasteiger partial charge in [0.15, 0.2) is 5.78 Å². The van der Waals surface area contributed by atoms with Gasteiger partial charge in [0.2, 0.25) is 17.7 Å². The highest BCUT2D eigenvalue weighted by atomic mass is 19.4. The van der Waals surface area contributed by atoms with Crippen molar-refractivity contribution in [1.82, 2.24) is 34.9 Å². The fourth-order valence-electron chi connectivity index (χ4n) is 8.22. The fourth-order valence-corrected chi connectivity index (χ4v) is 8.22. The van der Waals surface area contributed by atoms with Crippen molar-refractivity contribution in [3.8, 4) is 11.3 Å². The molecular formula is C38H41F3N8O4. The van der Waals surface area contributed by atoms with Gasteiger partial charge < -0.3 is 15.5 Å². The van der Waals surface area contributed by atoms with Crippen LogP contribution in [0.2, 0.25) is 0 Å². The van der Waals surface area contributed by atoms with E-state index in [1.54, 1.807) is 12.4 Å². The molecule has 2 aliphatic heterocycles. The number of hydrogen-bond donors (Lipinski definition) is 2. The Kier molecular flexibility index (Phi) is 9.31. The minimum absolute atomic E-state index is 0.0704. The molecule has 2 fully saturated rings. The molecule has 1 aromatic carbocycles. The highest BCUT2D eigenvalue weighted by Gasteiger charge is 2.72. The number of carbonyl (C=O) groups is 4. The molecule has 2 bridgehead atoms. The first kappa shape index (κ1) is 36.2. The Labute approximate surface area is 304 Å². The van der Waals surface area contributed by atoms with Gasteiger partial charge in [-0.1, -0.05) is 25.8 Å². The molecule has 4 aromatic rings. The highest BCUT2D eigenvalue weighted by molar-refractivity contribution is 6.07. The van der Waals surface area contributed by atoms with Crippen molar-refractivity contribution in [3.05, 3.63) is 64.9 Å². The largest absolute Gasteiger partial charge is 0.433 e. The van der Waals surface area contributed by atoms with Crippen molar-refractivity contribution in [3.63, 3.8) is 0 Å². The van der Waals surface area contributed by atoms with Crippen molar-refractivity contribution in [2.75, 3.05) is 11.9 Å². The van der Waals surface area contributed by atoms with Gasteiger partial charge in [-0.05, 0) is 74.8 Å². The summed E-state index contributed by atoms with van der Waals surface area (Å²) in [6, 6.07) is 4.43. The standard InChI is InChI=1S/C38H41F3N8O4/c1-20-11-12-29(38(39,40)41)45-35(20)46-36(53)28-15-37-19-44-30(51)10-8-6-5-7-9-24-13-25(27-17-42-21(2)16-43-27)14-26-32(23(4)50)47-48(33(24)26)18-31(52)49(28)34(37)22(37)3/h11-14,16-17,22,28,34H,5-10,15,18-19H2,1-4H3,(H,44,51)(H,45,46,53)/t22-,28-,34+,37+/m0/s1. The van der Waals surface area contributed by atoms with Gasteiger partial charge in [-0.3, -0.25) is 33.8 Å². The maximum absolute atomic E-state index is 14.6. The van der Waals surface area contributed by atoms with Crippen LogP contribution < -0.4 is 10.6 Å². The van der Waals surface area contributed by atoms with Crippen molar-refractivity contribution in [1.29, 1.82) is 0 Å². The van der Waals surface area contributed by atoms with Crippen molar-refractivity contribution in [2.24, 2.45) is 11.3 Å². The first-order valence-corrected chi connectivity index (χ1v) is 17.9. The molecule has 53 heavy (non-hydrogen) atoms. The molecule has 7 rings (SSSR count). The average molecular weight is 731 g/mol. The van der Waals surface area contributed by atoms with E-state index >= 15 is 0 Å². The number of nitrogens with zero attached hydrogens (tertiary/aromatic N) is 6. The number of aryl methyl sites for hydroxylation is 3. The van der Waals surface area contributed by atoms with Crippen LogP contribution in [-0.2, 0) is 33.5 Å². The molecule has 2 N–H and O–H groups in total. The molecule has 0 spiro atoms. The van der Waals surface area contributed by atoms with Gasteiger partial charge in [-0.15, -0.1) is 0 Å². The zero-order valence-electron chi connectivity index (χ0n) is 30.0. The molecule has 4 atom stereocenters. The molecule has 5 heterocycles. The lowest BCUT2D eigenvalue weighted by atomic mass is 9.95. The number of pyridine rings is 1. The minimum atomic E-state index is -4.72. The number of amides is 3. The number of Topliss-reactive ketones (excluding diaryl/α,β-unsaturated/α-hetero) is 1. The second kappa shape index (κ2) is 13.6. The predicted molar refractivity (Wildman–Crippen MR) is 189 cm³/mol. The molecule has 1 saturated heterocycles. The second-order valence-electron chi connectivity index (χ2n) is 14.7. The Morgan fingerprint density at radius 3 is 2.47 bits per heavy atom. The van der Waals surface area contributed by atoms with Crippen LogP contribution >= 0.6 is 0 Å². The van der Waals surface area contributed by atoms with Gasteiger partial charge in [-0.25, -0.2) is 4.98 Å². The van der Waals surface area contributed by atoms with Gasteiger partial charge in [0, 0.05) is 48.5 Å².